The highest BCUT2D eigenvalue weighted by Gasteiger charge is 2.17. The van der Waals surface area contributed by atoms with E-state index in [0.29, 0.717) is 11.6 Å². The number of anilines is 3. The van der Waals surface area contributed by atoms with Crippen LogP contribution in [0.4, 0.5) is 17.3 Å². The van der Waals surface area contributed by atoms with Gasteiger partial charge in [-0.2, -0.15) is 11.8 Å². The first kappa shape index (κ1) is 17.9. The predicted octanol–water partition coefficient (Wildman–Crippen LogP) is 4.65. The first-order valence-corrected chi connectivity index (χ1v) is 10.4. The lowest BCUT2D eigenvalue weighted by Crippen LogP contribution is -2.13. The second-order valence-electron chi connectivity index (χ2n) is 6.85. The van der Waals surface area contributed by atoms with Crippen molar-refractivity contribution in [2.75, 3.05) is 29.7 Å². The third-order valence-electron chi connectivity index (χ3n) is 5.02. The SMILES string of the molecule is COc1ccc(CC2CCSCC2)c(Nc2nc3ccccc3nc2N)c1. The van der Waals surface area contributed by atoms with Crippen molar-refractivity contribution in [3.8, 4) is 5.75 Å². The number of nitrogens with one attached hydrogen (secondary N) is 1. The Kier molecular flexibility index (Phi) is 5.34. The summed E-state index contributed by atoms with van der Waals surface area (Å²) in [6, 6.07) is 13.9. The van der Waals surface area contributed by atoms with E-state index in [4.69, 9.17) is 10.5 Å². The van der Waals surface area contributed by atoms with Gasteiger partial charge in [-0.05, 0) is 60.4 Å². The van der Waals surface area contributed by atoms with Crippen LogP contribution in [0, 0.1) is 5.92 Å². The van der Waals surface area contributed by atoms with Crippen molar-refractivity contribution < 1.29 is 4.74 Å². The average Bonchev–Trinajstić information content (AvgIpc) is 2.70. The minimum absolute atomic E-state index is 0.400. The molecule has 27 heavy (non-hydrogen) atoms. The van der Waals surface area contributed by atoms with E-state index in [-0.39, 0.29) is 0 Å². The maximum absolute atomic E-state index is 6.17. The van der Waals surface area contributed by atoms with Gasteiger partial charge in [0.1, 0.15) is 5.75 Å². The molecule has 0 atom stereocenters. The number of para-hydroxylation sites is 2. The minimum atomic E-state index is 0.400. The molecule has 2 aromatic carbocycles. The molecule has 4 rings (SSSR count). The Morgan fingerprint density at radius 3 is 2.59 bits per heavy atom. The normalized spacial score (nSPS) is 15.0. The summed E-state index contributed by atoms with van der Waals surface area (Å²) in [5, 5.41) is 3.41. The number of nitrogens with zero attached hydrogens (tertiary/aromatic N) is 2. The highest BCUT2D eigenvalue weighted by molar-refractivity contribution is 7.99. The standard InChI is InChI=1S/C21H24N4OS/c1-26-16-7-6-15(12-14-8-10-27-11-9-14)19(13-16)25-21-20(22)23-17-4-2-3-5-18(17)24-21/h2-7,13-14H,8-12H2,1H3,(H2,22,23)(H,24,25). The molecule has 0 bridgehead atoms. The topological polar surface area (TPSA) is 73.1 Å². The second-order valence-corrected chi connectivity index (χ2v) is 8.08. The Hall–Kier alpha value is -2.47. The summed E-state index contributed by atoms with van der Waals surface area (Å²) in [6.45, 7) is 0. The molecule has 140 valence electrons. The third-order valence-corrected chi connectivity index (χ3v) is 6.07. The van der Waals surface area contributed by atoms with Crippen LogP contribution in [0.2, 0.25) is 0 Å². The van der Waals surface area contributed by atoms with Crippen LogP contribution >= 0.6 is 11.8 Å². The fraction of sp³-hybridized carbons (Fsp3) is 0.333. The van der Waals surface area contributed by atoms with Crippen LogP contribution in [0.5, 0.6) is 5.75 Å². The first-order valence-electron chi connectivity index (χ1n) is 9.27. The maximum atomic E-state index is 6.17. The molecule has 0 spiro atoms. The summed E-state index contributed by atoms with van der Waals surface area (Å²) in [6.07, 6.45) is 3.59. The molecule has 0 aliphatic carbocycles. The van der Waals surface area contributed by atoms with E-state index in [1.54, 1.807) is 7.11 Å². The number of hydrogen-bond acceptors (Lipinski definition) is 6. The van der Waals surface area contributed by atoms with E-state index in [1.807, 2.05) is 36.4 Å². The second kappa shape index (κ2) is 8.05. The number of hydrogen-bond donors (Lipinski definition) is 2. The van der Waals surface area contributed by atoms with Gasteiger partial charge in [-0.1, -0.05) is 18.2 Å². The summed E-state index contributed by atoms with van der Waals surface area (Å²) in [5.41, 5.74) is 10.0. The van der Waals surface area contributed by atoms with Crippen molar-refractivity contribution in [3.63, 3.8) is 0 Å². The van der Waals surface area contributed by atoms with Gasteiger partial charge in [0.15, 0.2) is 11.6 Å². The van der Waals surface area contributed by atoms with Gasteiger partial charge in [-0.3, -0.25) is 0 Å². The quantitative estimate of drug-likeness (QED) is 0.671. The van der Waals surface area contributed by atoms with E-state index in [2.05, 4.69) is 33.1 Å². The van der Waals surface area contributed by atoms with Gasteiger partial charge in [-0.15, -0.1) is 0 Å². The zero-order valence-electron chi connectivity index (χ0n) is 15.4. The van der Waals surface area contributed by atoms with Crippen LogP contribution in [0.1, 0.15) is 18.4 Å². The van der Waals surface area contributed by atoms with Gasteiger partial charge < -0.3 is 15.8 Å². The molecule has 3 aromatic rings. The van der Waals surface area contributed by atoms with Gasteiger partial charge in [0.2, 0.25) is 0 Å². The molecule has 1 aliphatic heterocycles. The molecule has 5 nitrogen and oxygen atoms in total. The summed E-state index contributed by atoms with van der Waals surface area (Å²) >= 11 is 2.05. The fourth-order valence-corrected chi connectivity index (χ4v) is 4.68. The molecular weight excluding hydrogens is 356 g/mol. The lowest BCUT2D eigenvalue weighted by Gasteiger charge is -2.23. The Morgan fingerprint density at radius 2 is 1.85 bits per heavy atom. The molecule has 1 aliphatic rings. The van der Waals surface area contributed by atoms with Gasteiger partial charge in [0.25, 0.3) is 0 Å². The molecular formula is C21H24N4OS. The lowest BCUT2D eigenvalue weighted by atomic mass is 9.93. The summed E-state index contributed by atoms with van der Waals surface area (Å²) < 4.78 is 5.43. The van der Waals surface area contributed by atoms with Gasteiger partial charge in [0, 0.05) is 11.8 Å². The van der Waals surface area contributed by atoms with Crippen LogP contribution in [-0.4, -0.2) is 28.6 Å². The van der Waals surface area contributed by atoms with Crippen molar-refractivity contribution in [2.45, 2.75) is 19.3 Å². The zero-order valence-corrected chi connectivity index (χ0v) is 16.3. The monoisotopic (exact) mass is 380 g/mol. The maximum Gasteiger partial charge on any atom is 0.174 e. The molecule has 3 N–H and O–H groups in total. The molecule has 0 unspecified atom stereocenters. The van der Waals surface area contributed by atoms with Crippen molar-refractivity contribution in [1.29, 1.82) is 0 Å². The number of nitrogens with two attached hydrogens (primary N) is 1. The molecule has 0 amide bonds. The van der Waals surface area contributed by atoms with Crippen molar-refractivity contribution in [3.05, 3.63) is 48.0 Å². The lowest BCUT2D eigenvalue weighted by molar-refractivity contribution is 0.414. The Balaban J connectivity index is 1.66. The smallest absolute Gasteiger partial charge is 0.174 e. The molecule has 2 heterocycles. The number of benzene rings is 2. The first-order chi connectivity index (χ1) is 13.2. The van der Waals surface area contributed by atoms with Crippen molar-refractivity contribution >= 4 is 40.1 Å². The van der Waals surface area contributed by atoms with Crippen LogP contribution < -0.4 is 15.8 Å². The van der Waals surface area contributed by atoms with E-state index in [1.165, 1.54) is 29.9 Å². The van der Waals surface area contributed by atoms with Gasteiger partial charge >= 0.3 is 0 Å². The summed E-state index contributed by atoms with van der Waals surface area (Å²) in [4.78, 5) is 9.15. The molecule has 1 aromatic heterocycles. The average molecular weight is 381 g/mol. The van der Waals surface area contributed by atoms with Gasteiger partial charge in [-0.25, -0.2) is 9.97 Å². The minimum Gasteiger partial charge on any atom is -0.497 e. The highest BCUT2D eigenvalue weighted by Crippen LogP contribution is 2.32. The van der Waals surface area contributed by atoms with Crippen molar-refractivity contribution in [2.24, 2.45) is 5.92 Å². The zero-order chi connectivity index (χ0) is 18.6. The Bertz CT molecular complexity index is 941. The predicted molar refractivity (Wildman–Crippen MR) is 114 cm³/mol. The number of aromatic nitrogens is 2. The van der Waals surface area contributed by atoms with E-state index >= 15 is 0 Å². The fourth-order valence-electron chi connectivity index (χ4n) is 3.47. The summed E-state index contributed by atoms with van der Waals surface area (Å²) in [7, 11) is 1.68. The largest absolute Gasteiger partial charge is 0.497 e. The molecule has 1 fully saturated rings. The van der Waals surface area contributed by atoms with Crippen LogP contribution in [0.3, 0.4) is 0 Å². The summed E-state index contributed by atoms with van der Waals surface area (Å²) in [5.74, 6) is 5.03. The highest BCUT2D eigenvalue weighted by atomic mass is 32.2. The van der Waals surface area contributed by atoms with Gasteiger partial charge in [0.05, 0.1) is 18.1 Å². The number of thioether (sulfide) groups is 1. The van der Waals surface area contributed by atoms with Crippen LogP contribution in [0.15, 0.2) is 42.5 Å². The molecule has 6 heteroatoms. The number of ether oxygens (including phenoxy) is 1. The van der Waals surface area contributed by atoms with E-state index in [0.717, 1.165) is 34.8 Å². The molecule has 0 radical (unpaired) electrons. The van der Waals surface area contributed by atoms with Crippen molar-refractivity contribution in [1.82, 2.24) is 9.97 Å². The van der Waals surface area contributed by atoms with E-state index < -0.39 is 0 Å². The Morgan fingerprint density at radius 1 is 1.11 bits per heavy atom. The Labute approximate surface area is 163 Å². The van der Waals surface area contributed by atoms with E-state index in [9.17, 15) is 0 Å². The number of methoxy groups -OCH3 is 1. The third kappa shape index (κ3) is 4.11. The number of nitrogen functional groups attached to an aromatic ring is 1. The van der Waals surface area contributed by atoms with Crippen LogP contribution in [-0.2, 0) is 6.42 Å². The molecule has 0 saturated carbocycles. The van der Waals surface area contributed by atoms with Crippen LogP contribution in [0.25, 0.3) is 11.0 Å². The number of fused-ring (bicyclic) bond motifs is 1. The number of rotatable bonds is 5. The molecule has 1 saturated heterocycles.